The first-order valence-corrected chi connectivity index (χ1v) is 11.7. The number of anilines is 1. The van der Waals surface area contributed by atoms with E-state index in [1.807, 2.05) is 4.90 Å². The topological polar surface area (TPSA) is 103 Å². The monoisotopic (exact) mass is 437 g/mol. The quantitative estimate of drug-likeness (QED) is 0.604. The summed E-state index contributed by atoms with van der Waals surface area (Å²) < 4.78 is 32.0. The van der Waals surface area contributed by atoms with Gasteiger partial charge in [0.2, 0.25) is 21.8 Å². The number of likely N-dealkylation sites (tertiary alicyclic amines) is 1. The minimum absolute atomic E-state index is 0.0233. The molecule has 3 fully saturated rings. The fourth-order valence-corrected chi connectivity index (χ4v) is 5.32. The van der Waals surface area contributed by atoms with Crippen molar-refractivity contribution >= 4 is 27.7 Å². The van der Waals surface area contributed by atoms with Crippen molar-refractivity contribution in [1.29, 1.82) is 0 Å². The number of sulfonamides is 1. The first-order valence-electron chi connectivity index (χ1n) is 10.3. The Morgan fingerprint density at radius 2 is 1.77 bits per heavy atom. The SMILES string of the molecule is O=C(CN1CCCC1=O)N1CCN(c2ccc(S(=O)(=O)N3CCOCC3)cn2)CC1. The Morgan fingerprint density at radius 3 is 2.37 bits per heavy atom. The zero-order chi connectivity index (χ0) is 21.1. The van der Waals surface area contributed by atoms with Crippen LogP contribution in [0.25, 0.3) is 0 Å². The van der Waals surface area contributed by atoms with E-state index in [4.69, 9.17) is 4.74 Å². The largest absolute Gasteiger partial charge is 0.379 e. The summed E-state index contributed by atoms with van der Waals surface area (Å²) >= 11 is 0. The number of nitrogens with zero attached hydrogens (tertiary/aromatic N) is 5. The van der Waals surface area contributed by atoms with Crippen molar-refractivity contribution < 1.29 is 22.7 Å². The van der Waals surface area contributed by atoms with E-state index in [0.717, 1.165) is 6.42 Å². The molecule has 2 amide bonds. The van der Waals surface area contributed by atoms with Crippen LogP contribution in [0.2, 0.25) is 0 Å². The van der Waals surface area contributed by atoms with Gasteiger partial charge in [0, 0.05) is 58.4 Å². The van der Waals surface area contributed by atoms with Gasteiger partial charge in [-0.05, 0) is 18.6 Å². The molecule has 0 bridgehead atoms. The predicted octanol–water partition coefficient (Wildman–Crippen LogP) is -0.626. The van der Waals surface area contributed by atoms with Crippen molar-refractivity contribution in [3.8, 4) is 0 Å². The summed E-state index contributed by atoms with van der Waals surface area (Å²) in [6.45, 7) is 4.65. The third kappa shape index (κ3) is 4.42. The second-order valence-corrected chi connectivity index (χ2v) is 9.59. The van der Waals surface area contributed by atoms with E-state index < -0.39 is 10.0 Å². The van der Waals surface area contributed by atoms with Gasteiger partial charge in [0.25, 0.3) is 0 Å². The van der Waals surface area contributed by atoms with Crippen molar-refractivity contribution in [2.45, 2.75) is 17.7 Å². The van der Waals surface area contributed by atoms with E-state index in [1.165, 1.54) is 10.5 Å². The zero-order valence-electron chi connectivity index (χ0n) is 16.9. The lowest BCUT2D eigenvalue weighted by Gasteiger charge is -2.36. The van der Waals surface area contributed by atoms with Crippen LogP contribution in [0.15, 0.2) is 23.2 Å². The predicted molar refractivity (Wildman–Crippen MR) is 108 cm³/mol. The molecule has 0 atom stereocenters. The number of rotatable bonds is 5. The fourth-order valence-electron chi connectivity index (χ4n) is 3.97. The smallest absolute Gasteiger partial charge is 0.244 e. The number of carbonyl (C=O) groups is 2. The van der Waals surface area contributed by atoms with Gasteiger partial charge in [-0.25, -0.2) is 13.4 Å². The highest BCUT2D eigenvalue weighted by Crippen LogP contribution is 2.20. The third-order valence-electron chi connectivity index (χ3n) is 5.78. The summed E-state index contributed by atoms with van der Waals surface area (Å²) in [4.78, 5) is 34.2. The van der Waals surface area contributed by atoms with Gasteiger partial charge in [0.05, 0.1) is 19.8 Å². The normalized spacial score (nSPS) is 21.3. The molecule has 164 valence electrons. The molecular weight excluding hydrogens is 410 g/mol. The number of piperazine rings is 1. The lowest BCUT2D eigenvalue weighted by Crippen LogP contribution is -2.51. The number of carbonyl (C=O) groups excluding carboxylic acids is 2. The molecular formula is C19H27N5O5S. The summed E-state index contributed by atoms with van der Waals surface area (Å²) in [5, 5.41) is 0. The molecule has 30 heavy (non-hydrogen) atoms. The summed E-state index contributed by atoms with van der Waals surface area (Å²) in [7, 11) is -3.56. The molecule has 3 saturated heterocycles. The highest BCUT2D eigenvalue weighted by molar-refractivity contribution is 7.89. The molecule has 0 spiro atoms. The lowest BCUT2D eigenvalue weighted by atomic mass is 10.3. The second-order valence-electron chi connectivity index (χ2n) is 7.66. The van der Waals surface area contributed by atoms with Crippen LogP contribution in [-0.4, -0.2) is 105 Å². The van der Waals surface area contributed by atoms with Crippen LogP contribution in [0.4, 0.5) is 5.82 Å². The van der Waals surface area contributed by atoms with E-state index in [9.17, 15) is 18.0 Å². The van der Waals surface area contributed by atoms with Crippen LogP contribution >= 0.6 is 0 Å². The van der Waals surface area contributed by atoms with Crippen LogP contribution in [0.3, 0.4) is 0 Å². The average molecular weight is 438 g/mol. The molecule has 0 radical (unpaired) electrons. The van der Waals surface area contributed by atoms with Crippen LogP contribution < -0.4 is 4.90 Å². The number of morpholine rings is 1. The van der Waals surface area contributed by atoms with Crippen LogP contribution in [-0.2, 0) is 24.3 Å². The van der Waals surface area contributed by atoms with Gasteiger partial charge in [-0.2, -0.15) is 4.31 Å². The standard InChI is InChI=1S/C19H27N5O5S/c25-18-2-1-5-23(18)15-19(26)22-8-6-21(7-9-22)17-4-3-16(14-20-17)30(27,28)24-10-12-29-13-11-24/h3-4,14H,1-2,5-13,15H2. The van der Waals surface area contributed by atoms with Gasteiger partial charge in [-0.3, -0.25) is 9.59 Å². The molecule has 0 saturated carbocycles. The molecule has 3 aliphatic heterocycles. The van der Waals surface area contributed by atoms with Crippen molar-refractivity contribution in [2.75, 3.05) is 70.5 Å². The minimum atomic E-state index is -3.56. The van der Waals surface area contributed by atoms with Gasteiger partial charge in [0.15, 0.2) is 0 Å². The van der Waals surface area contributed by atoms with Crippen LogP contribution in [0.1, 0.15) is 12.8 Å². The fraction of sp³-hybridized carbons (Fsp3) is 0.632. The number of hydrogen-bond acceptors (Lipinski definition) is 7. The maximum atomic E-state index is 12.7. The average Bonchev–Trinajstić information content (AvgIpc) is 3.19. The van der Waals surface area contributed by atoms with Gasteiger partial charge >= 0.3 is 0 Å². The molecule has 1 aromatic heterocycles. The van der Waals surface area contributed by atoms with Gasteiger partial charge in [0.1, 0.15) is 10.7 Å². The van der Waals surface area contributed by atoms with Crippen LogP contribution in [0.5, 0.6) is 0 Å². The maximum Gasteiger partial charge on any atom is 0.244 e. The summed E-state index contributed by atoms with van der Waals surface area (Å²) in [6.07, 6.45) is 2.75. The number of amides is 2. The Bertz CT molecular complexity index is 877. The van der Waals surface area contributed by atoms with Gasteiger partial charge in [-0.1, -0.05) is 0 Å². The Hall–Kier alpha value is -2.24. The molecule has 11 heteroatoms. The van der Waals surface area contributed by atoms with Crippen molar-refractivity contribution in [1.82, 2.24) is 19.1 Å². The molecule has 4 rings (SSSR count). The van der Waals surface area contributed by atoms with Crippen molar-refractivity contribution in [2.24, 2.45) is 0 Å². The molecule has 1 aromatic rings. The molecule has 0 aromatic carbocycles. The Kier molecular flexibility index (Phi) is 6.21. The van der Waals surface area contributed by atoms with Gasteiger partial charge < -0.3 is 19.4 Å². The van der Waals surface area contributed by atoms with E-state index in [1.54, 1.807) is 21.9 Å². The number of aromatic nitrogens is 1. The third-order valence-corrected chi connectivity index (χ3v) is 7.66. The van der Waals surface area contributed by atoms with E-state index >= 15 is 0 Å². The summed E-state index contributed by atoms with van der Waals surface area (Å²) in [6, 6.07) is 3.30. The van der Waals surface area contributed by atoms with E-state index in [-0.39, 0.29) is 23.3 Å². The molecule has 0 N–H and O–H groups in total. The Labute approximate surface area is 176 Å². The van der Waals surface area contributed by atoms with E-state index in [2.05, 4.69) is 4.98 Å². The summed E-state index contributed by atoms with van der Waals surface area (Å²) in [5.74, 6) is 0.723. The zero-order valence-corrected chi connectivity index (χ0v) is 17.7. The number of pyridine rings is 1. The Balaban J connectivity index is 1.32. The highest BCUT2D eigenvalue weighted by atomic mass is 32.2. The first-order chi connectivity index (χ1) is 14.4. The molecule has 0 aliphatic carbocycles. The molecule has 3 aliphatic rings. The number of ether oxygens (including phenoxy) is 1. The molecule has 0 unspecified atom stereocenters. The first kappa shape index (κ1) is 21.0. The highest BCUT2D eigenvalue weighted by Gasteiger charge is 2.29. The van der Waals surface area contributed by atoms with Gasteiger partial charge in [-0.15, -0.1) is 0 Å². The summed E-state index contributed by atoms with van der Waals surface area (Å²) in [5.41, 5.74) is 0. The minimum Gasteiger partial charge on any atom is -0.379 e. The lowest BCUT2D eigenvalue weighted by molar-refractivity contribution is -0.138. The van der Waals surface area contributed by atoms with E-state index in [0.29, 0.717) is 71.3 Å². The Morgan fingerprint density at radius 1 is 1.03 bits per heavy atom. The van der Waals surface area contributed by atoms with Crippen molar-refractivity contribution in [3.63, 3.8) is 0 Å². The van der Waals surface area contributed by atoms with Crippen LogP contribution in [0, 0.1) is 0 Å². The maximum absolute atomic E-state index is 12.7. The second kappa shape index (κ2) is 8.86. The molecule has 4 heterocycles. The number of hydrogen-bond donors (Lipinski definition) is 0. The molecule has 10 nitrogen and oxygen atoms in total. The van der Waals surface area contributed by atoms with Crippen molar-refractivity contribution in [3.05, 3.63) is 18.3 Å².